The van der Waals surface area contributed by atoms with Gasteiger partial charge in [-0.3, -0.25) is 9.88 Å². The van der Waals surface area contributed by atoms with Crippen LogP contribution in [-0.2, 0) is 13.1 Å². The molecule has 3 heteroatoms. The van der Waals surface area contributed by atoms with E-state index in [0.717, 1.165) is 18.8 Å². The van der Waals surface area contributed by atoms with E-state index in [0.29, 0.717) is 0 Å². The van der Waals surface area contributed by atoms with Crippen molar-refractivity contribution in [1.82, 2.24) is 9.88 Å². The highest BCUT2D eigenvalue weighted by atomic mass is 15.1. The van der Waals surface area contributed by atoms with Crippen LogP contribution in [0.1, 0.15) is 11.3 Å². The second-order valence-corrected chi connectivity index (χ2v) is 3.05. The average Bonchev–Trinajstić information content (AvgIpc) is 2.27. The van der Waals surface area contributed by atoms with E-state index in [1.54, 1.807) is 6.20 Å². The van der Waals surface area contributed by atoms with Crippen LogP contribution in [0, 0.1) is 0 Å². The number of rotatable bonds is 0. The minimum atomic E-state index is 0.763. The number of aromatic nitrogens is 1. The van der Waals surface area contributed by atoms with Gasteiger partial charge in [0.1, 0.15) is 0 Å². The van der Waals surface area contributed by atoms with Crippen molar-refractivity contribution < 1.29 is 0 Å². The summed E-state index contributed by atoms with van der Waals surface area (Å²) in [7, 11) is 2.08. The van der Waals surface area contributed by atoms with Crippen molar-refractivity contribution in [3.8, 4) is 0 Å². The lowest BCUT2D eigenvalue weighted by Gasteiger charge is -2.02. The summed E-state index contributed by atoms with van der Waals surface area (Å²) in [5, 5.41) is 0. The first kappa shape index (κ1) is 6.61. The first-order valence-corrected chi connectivity index (χ1v) is 3.67. The first-order valence-electron chi connectivity index (χ1n) is 3.67. The highest BCUT2D eigenvalue weighted by molar-refractivity contribution is 5.41. The molecule has 1 aromatic rings. The summed E-state index contributed by atoms with van der Waals surface area (Å²) in [6.45, 7) is 1.93. The first-order chi connectivity index (χ1) is 5.25. The molecule has 2 rings (SSSR count). The third kappa shape index (κ3) is 1.07. The molecule has 0 saturated carbocycles. The molecular weight excluding hydrogens is 138 g/mol. The molecule has 3 nitrogen and oxygen atoms in total. The van der Waals surface area contributed by atoms with Crippen LogP contribution >= 0.6 is 0 Å². The van der Waals surface area contributed by atoms with Gasteiger partial charge < -0.3 is 5.73 Å². The van der Waals surface area contributed by atoms with Crippen molar-refractivity contribution in [3.05, 3.63) is 23.5 Å². The van der Waals surface area contributed by atoms with Crippen LogP contribution in [0.2, 0.25) is 0 Å². The van der Waals surface area contributed by atoms with E-state index in [9.17, 15) is 0 Å². The highest BCUT2D eigenvalue weighted by Crippen LogP contribution is 2.20. The summed E-state index contributed by atoms with van der Waals surface area (Å²) in [6, 6.07) is 2.01. The van der Waals surface area contributed by atoms with Gasteiger partial charge in [0, 0.05) is 13.1 Å². The minimum absolute atomic E-state index is 0.763. The standard InChI is InChI=1S/C8H11N3/c1-11-4-6-2-7(9)3-10-8(6)5-11/h2-3H,4-5,9H2,1H3. The van der Waals surface area contributed by atoms with Crippen LogP contribution in [0.3, 0.4) is 0 Å². The smallest absolute Gasteiger partial charge is 0.0590 e. The van der Waals surface area contributed by atoms with Crippen LogP contribution in [0.25, 0.3) is 0 Å². The Morgan fingerprint density at radius 1 is 1.55 bits per heavy atom. The number of nitrogens with two attached hydrogens (primary N) is 1. The number of hydrogen-bond acceptors (Lipinski definition) is 3. The molecule has 0 aromatic carbocycles. The Bertz CT molecular complexity index is 283. The summed E-state index contributed by atoms with van der Waals surface area (Å²) in [4.78, 5) is 6.46. The van der Waals surface area contributed by atoms with Crippen molar-refractivity contribution >= 4 is 5.69 Å². The monoisotopic (exact) mass is 149 g/mol. The predicted octanol–water partition coefficient (Wildman–Crippen LogP) is 0.609. The van der Waals surface area contributed by atoms with Gasteiger partial charge in [-0.05, 0) is 18.7 Å². The molecule has 0 unspecified atom stereocenters. The molecule has 0 radical (unpaired) electrons. The molecule has 1 aliphatic heterocycles. The SMILES string of the molecule is CN1Cc2cc(N)cnc2C1. The second kappa shape index (κ2) is 2.20. The molecular formula is C8H11N3. The van der Waals surface area contributed by atoms with E-state index < -0.39 is 0 Å². The van der Waals surface area contributed by atoms with E-state index in [1.165, 1.54) is 11.3 Å². The van der Waals surface area contributed by atoms with E-state index >= 15 is 0 Å². The molecule has 0 spiro atoms. The van der Waals surface area contributed by atoms with E-state index in [2.05, 4.69) is 16.9 Å². The van der Waals surface area contributed by atoms with Crippen molar-refractivity contribution in [2.45, 2.75) is 13.1 Å². The fourth-order valence-electron chi connectivity index (χ4n) is 1.44. The molecule has 0 aliphatic carbocycles. The van der Waals surface area contributed by atoms with Gasteiger partial charge in [-0.15, -0.1) is 0 Å². The number of nitrogen functional groups attached to an aromatic ring is 1. The molecule has 11 heavy (non-hydrogen) atoms. The highest BCUT2D eigenvalue weighted by Gasteiger charge is 2.15. The van der Waals surface area contributed by atoms with Crippen molar-refractivity contribution in [2.75, 3.05) is 12.8 Å². The molecule has 0 saturated heterocycles. The lowest BCUT2D eigenvalue weighted by Crippen LogP contribution is -2.07. The zero-order valence-corrected chi connectivity index (χ0v) is 6.54. The van der Waals surface area contributed by atoms with Gasteiger partial charge in [0.2, 0.25) is 0 Å². The number of pyridine rings is 1. The fourth-order valence-corrected chi connectivity index (χ4v) is 1.44. The Kier molecular flexibility index (Phi) is 1.32. The molecule has 2 heterocycles. The number of hydrogen-bond donors (Lipinski definition) is 1. The Morgan fingerprint density at radius 3 is 3.18 bits per heavy atom. The Morgan fingerprint density at radius 2 is 2.36 bits per heavy atom. The lowest BCUT2D eigenvalue weighted by molar-refractivity contribution is 0.351. The minimum Gasteiger partial charge on any atom is -0.397 e. The maximum absolute atomic E-state index is 5.60. The number of nitrogens with zero attached hydrogens (tertiary/aromatic N) is 2. The van der Waals surface area contributed by atoms with Gasteiger partial charge in [0.25, 0.3) is 0 Å². The fraction of sp³-hybridized carbons (Fsp3) is 0.375. The molecule has 0 bridgehead atoms. The molecule has 1 aromatic heterocycles. The maximum atomic E-state index is 5.60. The largest absolute Gasteiger partial charge is 0.397 e. The van der Waals surface area contributed by atoms with Crippen molar-refractivity contribution in [1.29, 1.82) is 0 Å². The quantitative estimate of drug-likeness (QED) is 0.587. The van der Waals surface area contributed by atoms with Gasteiger partial charge in [0.15, 0.2) is 0 Å². The van der Waals surface area contributed by atoms with Gasteiger partial charge >= 0.3 is 0 Å². The van der Waals surface area contributed by atoms with Gasteiger partial charge in [-0.25, -0.2) is 0 Å². The van der Waals surface area contributed by atoms with Crippen LogP contribution in [0.5, 0.6) is 0 Å². The topological polar surface area (TPSA) is 42.1 Å². The summed E-state index contributed by atoms with van der Waals surface area (Å²) in [5.74, 6) is 0. The second-order valence-electron chi connectivity index (χ2n) is 3.05. The summed E-state index contributed by atoms with van der Waals surface area (Å²) in [6.07, 6.45) is 1.72. The van der Waals surface area contributed by atoms with Crippen LogP contribution in [-0.4, -0.2) is 16.9 Å². The molecule has 0 fully saturated rings. The van der Waals surface area contributed by atoms with Crippen molar-refractivity contribution in [3.63, 3.8) is 0 Å². The number of fused-ring (bicyclic) bond motifs is 1. The summed E-state index contributed by atoms with van der Waals surface area (Å²) < 4.78 is 0. The van der Waals surface area contributed by atoms with Gasteiger partial charge in [0.05, 0.1) is 17.6 Å². The zero-order valence-electron chi connectivity index (χ0n) is 6.54. The third-order valence-corrected chi connectivity index (χ3v) is 1.94. The summed E-state index contributed by atoms with van der Waals surface area (Å²) in [5.41, 5.74) is 8.80. The molecule has 1 aliphatic rings. The van der Waals surface area contributed by atoms with Crippen LogP contribution < -0.4 is 5.73 Å². The summed E-state index contributed by atoms with van der Waals surface area (Å²) >= 11 is 0. The third-order valence-electron chi connectivity index (χ3n) is 1.94. The zero-order chi connectivity index (χ0) is 7.84. The Labute approximate surface area is 65.8 Å². The van der Waals surface area contributed by atoms with Gasteiger partial charge in [-0.1, -0.05) is 0 Å². The number of anilines is 1. The molecule has 2 N–H and O–H groups in total. The van der Waals surface area contributed by atoms with Crippen molar-refractivity contribution in [2.24, 2.45) is 0 Å². The van der Waals surface area contributed by atoms with Crippen LogP contribution in [0.4, 0.5) is 5.69 Å². The van der Waals surface area contributed by atoms with Gasteiger partial charge in [-0.2, -0.15) is 0 Å². The molecule has 0 amide bonds. The Balaban J connectivity index is 2.43. The molecule has 0 atom stereocenters. The van der Waals surface area contributed by atoms with E-state index in [1.807, 2.05) is 6.07 Å². The van der Waals surface area contributed by atoms with Crippen LogP contribution in [0.15, 0.2) is 12.3 Å². The Hall–Kier alpha value is -1.09. The normalized spacial score (nSPS) is 16.8. The molecule has 58 valence electrons. The lowest BCUT2D eigenvalue weighted by atomic mass is 10.2. The van der Waals surface area contributed by atoms with E-state index in [-0.39, 0.29) is 0 Å². The van der Waals surface area contributed by atoms with E-state index in [4.69, 9.17) is 5.73 Å². The maximum Gasteiger partial charge on any atom is 0.0590 e. The predicted molar refractivity (Wildman–Crippen MR) is 43.8 cm³/mol. The average molecular weight is 149 g/mol.